The normalized spacial score (nSPS) is 18.4. The maximum Gasteiger partial charge on any atom is 0.234 e. The second kappa shape index (κ2) is 8.76. The molecule has 0 aromatic heterocycles. The minimum atomic E-state index is 0.0433. The molecule has 1 amide bonds. The predicted molar refractivity (Wildman–Crippen MR) is 85.8 cm³/mol. The summed E-state index contributed by atoms with van der Waals surface area (Å²) in [7, 11) is 1.64. The Labute approximate surface area is 132 Å². The third kappa shape index (κ3) is 4.71. The molecule has 1 aliphatic rings. The molecule has 1 aliphatic heterocycles. The van der Waals surface area contributed by atoms with Crippen LogP contribution in [0.3, 0.4) is 0 Å². The molecule has 1 saturated heterocycles. The topological polar surface area (TPSA) is 61.8 Å². The first-order chi connectivity index (χ1) is 10.7. The Kier molecular flexibility index (Phi) is 6.68. The molecule has 5 nitrogen and oxygen atoms in total. The van der Waals surface area contributed by atoms with E-state index in [0.29, 0.717) is 19.1 Å². The molecule has 0 aliphatic carbocycles. The van der Waals surface area contributed by atoms with E-state index < -0.39 is 0 Å². The van der Waals surface area contributed by atoms with Crippen LogP contribution in [0.4, 0.5) is 0 Å². The molecular weight excluding hydrogens is 280 g/mol. The van der Waals surface area contributed by atoms with Crippen molar-refractivity contribution in [2.75, 3.05) is 26.8 Å². The molecule has 1 fully saturated rings. The quantitative estimate of drug-likeness (QED) is 0.765. The monoisotopic (exact) mass is 306 g/mol. The van der Waals surface area contributed by atoms with Crippen molar-refractivity contribution >= 4 is 5.91 Å². The molecule has 0 saturated carbocycles. The Morgan fingerprint density at radius 3 is 3.05 bits per heavy atom. The first kappa shape index (κ1) is 16.8. The van der Waals surface area contributed by atoms with Gasteiger partial charge >= 0.3 is 0 Å². The zero-order chi connectivity index (χ0) is 15.8. The van der Waals surface area contributed by atoms with Crippen LogP contribution in [0.1, 0.15) is 31.2 Å². The molecule has 1 aromatic carbocycles. The molecule has 5 heteroatoms. The number of nitrogens with zero attached hydrogens (tertiary/aromatic N) is 1. The van der Waals surface area contributed by atoms with Gasteiger partial charge in [-0.2, -0.15) is 0 Å². The number of aliphatic hydroxyl groups excluding tert-OH is 1. The standard InChI is InChI=1S/C17H26N2O3/c1-22-16-9-3-2-6-14(16)12-18-17(21)13-19-10-4-7-15(19)8-5-11-20/h2-3,6,9,15,20H,4-5,7-8,10-13H2,1H3,(H,18,21). The number of hydrogen-bond donors (Lipinski definition) is 2. The molecule has 22 heavy (non-hydrogen) atoms. The summed E-state index contributed by atoms with van der Waals surface area (Å²) in [5.41, 5.74) is 0.983. The van der Waals surface area contributed by atoms with Gasteiger partial charge in [-0.05, 0) is 38.3 Å². The van der Waals surface area contributed by atoms with Gasteiger partial charge in [0.25, 0.3) is 0 Å². The second-order valence-corrected chi connectivity index (χ2v) is 5.72. The van der Waals surface area contributed by atoms with Gasteiger partial charge in [0.05, 0.1) is 13.7 Å². The number of amides is 1. The van der Waals surface area contributed by atoms with Crippen LogP contribution in [-0.4, -0.2) is 48.8 Å². The van der Waals surface area contributed by atoms with E-state index in [2.05, 4.69) is 10.2 Å². The average molecular weight is 306 g/mol. The molecule has 1 unspecified atom stereocenters. The molecule has 0 bridgehead atoms. The van der Waals surface area contributed by atoms with Crippen LogP contribution in [0, 0.1) is 0 Å². The first-order valence-electron chi connectivity index (χ1n) is 7.98. The third-order valence-electron chi connectivity index (χ3n) is 4.21. The molecule has 0 radical (unpaired) electrons. The van der Waals surface area contributed by atoms with Crippen molar-refractivity contribution in [1.29, 1.82) is 0 Å². The minimum absolute atomic E-state index is 0.0433. The SMILES string of the molecule is COc1ccccc1CNC(=O)CN1CCCC1CCCO. The fourth-order valence-corrected chi connectivity index (χ4v) is 3.04. The molecule has 2 rings (SSSR count). The van der Waals surface area contributed by atoms with Gasteiger partial charge in [0, 0.05) is 24.8 Å². The number of carbonyl (C=O) groups excluding carboxylic acids is 1. The van der Waals surface area contributed by atoms with Gasteiger partial charge in [0.1, 0.15) is 5.75 Å². The van der Waals surface area contributed by atoms with Crippen LogP contribution < -0.4 is 10.1 Å². The van der Waals surface area contributed by atoms with E-state index in [1.165, 1.54) is 0 Å². The number of para-hydroxylation sites is 1. The molecule has 0 spiro atoms. The number of methoxy groups -OCH3 is 1. The molecular formula is C17H26N2O3. The summed E-state index contributed by atoms with van der Waals surface area (Å²) in [5.74, 6) is 0.839. The summed E-state index contributed by atoms with van der Waals surface area (Å²) in [6, 6.07) is 8.14. The van der Waals surface area contributed by atoms with Gasteiger partial charge in [0.2, 0.25) is 5.91 Å². The highest BCUT2D eigenvalue weighted by atomic mass is 16.5. The molecule has 122 valence electrons. The van der Waals surface area contributed by atoms with Crippen LogP contribution in [0.25, 0.3) is 0 Å². The van der Waals surface area contributed by atoms with Gasteiger partial charge in [-0.3, -0.25) is 9.69 Å². The molecule has 1 aromatic rings. The van der Waals surface area contributed by atoms with Crippen LogP contribution >= 0.6 is 0 Å². The number of benzene rings is 1. The van der Waals surface area contributed by atoms with Gasteiger partial charge in [-0.15, -0.1) is 0 Å². The van der Waals surface area contributed by atoms with Crippen molar-refractivity contribution in [2.45, 2.75) is 38.3 Å². The van der Waals surface area contributed by atoms with E-state index >= 15 is 0 Å². The van der Waals surface area contributed by atoms with Crippen LogP contribution in [0.5, 0.6) is 5.75 Å². The van der Waals surface area contributed by atoms with Crippen LogP contribution in [-0.2, 0) is 11.3 Å². The van der Waals surface area contributed by atoms with Gasteiger partial charge < -0.3 is 15.2 Å². The second-order valence-electron chi connectivity index (χ2n) is 5.72. The smallest absolute Gasteiger partial charge is 0.234 e. The highest BCUT2D eigenvalue weighted by Gasteiger charge is 2.25. The zero-order valence-corrected chi connectivity index (χ0v) is 13.3. The van der Waals surface area contributed by atoms with Crippen molar-refractivity contribution in [1.82, 2.24) is 10.2 Å². The Morgan fingerprint density at radius 2 is 2.27 bits per heavy atom. The molecule has 1 heterocycles. The number of hydrogen-bond acceptors (Lipinski definition) is 4. The average Bonchev–Trinajstić information content (AvgIpc) is 2.98. The summed E-state index contributed by atoms with van der Waals surface area (Å²) < 4.78 is 5.29. The first-order valence-corrected chi connectivity index (χ1v) is 7.98. The highest BCUT2D eigenvalue weighted by molar-refractivity contribution is 5.78. The van der Waals surface area contributed by atoms with E-state index in [-0.39, 0.29) is 12.5 Å². The minimum Gasteiger partial charge on any atom is -0.496 e. The zero-order valence-electron chi connectivity index (χ0n) is 13.3. The van der Waals surface area contributed by atoms with E-state index in [1.54, 1.807) is 7.11 Å². The lowest BCUT2D eigenvalue weighted by atomic mass is 10.1. The molecule has 2 N–H and O–H groups in total. The van der Waals surface area contributed by atoms with Crippen molar-refractivity contribution < 1.29 is 14.6 Å². The molecule has 1 atom stereocenters. The van der Waals surface area contributed by atoms with Crippen molar-refractivity contribution in [2.24, 2.45) is 0 Å². The number of ether oxygens (including phenoxy) is 1. The fourth-order valence-electron chi connectivity index (χ4n) is 3.04. The van der Waals surface area contributed by atoms with Crippen molar-refractivity contribution in [3.63, 3.8) is 0 Å². The van der Waals surface area contributed by atoms with Crippen LogP contribution in [0.2, 0.25) is 0 Å². The highest BCUT2D eigenvalue weighted by Crippen LogP contribution is 2.21. The van der Waals surface area contributed by atoms with Gasteiger partial charge in [-0.25, -0.2) is 0 Å². The van der Waals surface area contributed by atoms with Gasteiger partial charge in [0.15, 0.2) is 0 Å². The maximum absolute atomic E-state index is 12.1. The lowest BCUT2D eigenvalue weighted by Crippen LogP contribution is -2.39. The Bertz CT molecular complexity index is 479. The van der Waals surface area contributed by atoms with E-state index in [4.69, 9.17) is 9.84 Å². The Morgan fingerprint density at radius 1 is 1.45 bits per heavy atom. The number of nitrogens with one attached hydrogen (secondary N) is 1. The number of rotatable bonds is 8. The van der Waals surface area contributed by atoms with Crippen molar-refractivity contribution in [3.05, 3.63) is 29.8 Å². The van der Waals surface area contributed by atoms with Gasteiger partial charge in [-0.1, -0.05) is 18.2 Å². The summed E-state index contributed by atoms with van der Waals surface area (Å²) in [6.07, 6.45) is 4.04. The third-order valence-corrected chi connectivity index (χ3v) is 4.21. The summed E-state index contributed by atoms with van der Waals surface area (Å²) in [6.45, 7) is 2.12. The Hall–Kier alpha value is -1.59. The fraction of sp³-hybridized carbons (Fsp3) is 0.588. The number of carbonyl (C=O) groups is 1. The summed E-state index contributed by atoms with van der Waals surface area (Å²) >= 11 is 0. The summed E-state index contributed by atoms with van der Waals surface area (Å²) in [5, 5.41) is 11.9. The predicted octanol–water partition coefficient (Wildman–Crippen LogP) is 1.55. The number of aliphatic hydroxyl groups is 1. The largest absolute Gasteiger partial charge is 0.496 e. The lowest BCUT2D eigenvalue weighted by Gasteiger charge is -2.23. The van der Waals surface area contributed by atoms with Crippen molar-refractivity contribution in [3.8, 4) is 5.75 Å². The summed E-state index contributed by atoms with van der Waals surface area (Å²) in [4.78, 5) is 14.4. The van der Waals surface area contributed by atoms with E-state index in [1.807, 2.05) is 24.3 Å². The maximum atomic E-state index is 12.1. The van der Waals surface area contributed by atoms with E-state index in [9.17, 15) is 4.79 Å². The lowest BCUT2D eigenvalue weighted by molar-refractivity contribution is -0.122. The van der Waals surface area contributed by atoms with Crippen LogP contribution in [0.15, 0.2) is 24.3 Å². The Balaban J connectivity index is 1.80. The van der Waals surface area contributed by atoms with E-state index in [0.717, 1.165) is 43.5 Å². The number of likely N-dealkylation sites (tertiary alicyclic amines) is 1.